The van der Waals surface area contributed by atoms with Gasteiger partial charge in [0.15, 0.2) is 5.75 Å². The third-order valence-corrected chi connectivity index (χ3v) is 6.95. The molecule has 1 amide bonds. The topological polar surface area (TPSA) is 94.2 Å². The highest BCUT2D eigenvalue weighted by Gasteiger charge is 2.27. The van der Waals surface area contributed by atoms with E-state index in [1.165, 1.54) is 16.4 Å². The highest BCUT2D eigenvalue weighted by molar-refractivity contribution is 7.89. The Morgan fingerprint density at radius 3 is 2.56 bits per heavy atom. The van der Waals surface area contributed by atoms with E-state index in [2.05, 4.69) is 5.32 Å². The van der Waals surface area contributed by atoms with Crippen LogP contribution in [0.15, 0.2) is 47.4 Å². The maximum absolute atomic E-state index is 13.1. The lowest BCUT2D eigenvalue weighted by Gasteiger charge is -2.26. The number of hydrogen-bond acceptors (Lipinski definition) is 6. The molecule has 0 radical (unpaired) electrons. The normalized spacial score (nSPS) is 14.8. The number of piperidine rings is 1. The number of ether oxygens (including phenoxy) is 3. The summed E-state index contributed by atoms with van der Waals surface area (Å²) in [4.78, 5) is 12.5. The number of amides is 1. The Balaban J connectivity index is 1.86. The number of benzene rings is 2. The maximum atomic E-state index is 13.1. The van der Waals surface area contributed by atoms with Gasteiger partial charge in [0, 0.05) is 20.2 Å². The van der Waals surface area contributed by atoms with E-state index in [0.29, 0.717) is 31.2 Å². The summed E-state index contributed by atoms with van der Waals surface area (Å²) in [5.74, 6) is 0.518. The van der Waals surface area contributed by atoms with E-state index >= 15 is 0 Å². The first-order valence-electron chi connectivity index (χ1n) is 10.7. The lowest BCUT2D eigenvalue weighted by atomic mass is 10.2. The van der Waals surface area contributed by atoms with Crippen LogP contribution in [0.4, 0.5) is 5.69 Å². The van der Waals surface area contributed by atoms with Crippen molar-refractivity contribution in [1.82, 2.24) is 4.31 Å². The summed E-state index contributed by atoms with van der Waals surface area (Å²) in [5.41, 5.74) is 1.29. The molecule has 1 fully saturated rings. The predicted octanol–water partition coefficient (Wildman–Crippen LogP) is 3.56. The standard InChI is InChI=1S/C23H30N2O6S/c1-18-7-6-8-19(15-18)31-22-10-9-20(32(27,28)25-11-4-3-5-12-25)16-21(22)24-23(26)17-30-14-13-29-2/h6-10,15-16H,3-5,11-14,17H2,1-2H3,(H,24,26). The van der Waals surface area contributed by atoms with Crippen LogP contribution in [-0.2, 0) is 24.3 Å². The van der Waals surface area contributed by atoms with Crippen LogP contribution < -0.4 is 10.1 Å². The molecule has 0 spiro atoms. The van der Waals surface area contributed by atoms with E-state index in [9.17, 15) is 13.2 Å². The van der Waals surface area contributed by atoms with Crippen molar-refractivity contribution in [3.63, 3.8) is 0 Å². The SMILES string of the molecule is COCCOCC(=O)Nc1cc(S(=O)(=O)N2CCCCC2)ccc1Oc1cccc(C)c1. The molecule has 3 rings (SSSR count). The van der Waals surface area contributed by atoms with Crippen molar-refractivity contribution in [2.24, 2.45) is 0 Å². The molecular weight excluding hydrogens is 432 g/mol. The molecule has 0 unspecified atom stereocenters. The van der Waals surface area contributed by atoms with Crippen molar-refractivity contribution in [3.05, 3.63) is 48.0 Å². The highest BCUT2D eigenvalue weighted by atomic mass is 32.2. The zero-order chi connectivity index (χ0) is 23.0. The number of carbonyl (C=O) groups excluding carboxylic acids is 1. The third kappa shape index (κ3) is 6.52. The summed E-state index contributed by atoms with van der Waals surface area (Å²) in [7, 11) is -2.11. The predicted molar refractivity (Wildman–Crippen MR) is 122 cm³/mol. The fourth-order valence-electron chi connectivity index (χ4n) is 3.41. The monoisotopic (exact) mass is 462 g/mol. The molecule has 1 N–H and O–H groups in total. The van der Waals surface area contributed by atoms with Crippen molar-refractivity contribution in [3.8, 4) is 11.5 Å². The van der Waals surface area contributed by atoms with E-state index < -0.39 is 15.9 Å². The van der Waals surface area contributed by atoms with Gasteiger partial charge in [-0.2, -0.15) is 4.31 Å². The first kappa shape index (κ1) is 24.2. The summed E-state index contributed by atoms with van der Waals surface area (Å²) >= 11 is 0. The molecule has 0 saturated carbocycles. The molecule has 2 aromatic rings. The van der Waals surface area contributed by atoms with Gasteiger partial charge in [0.1, 0.15) is 12.4 Å². The van der Waals surface area contributed by atoms with E-state index in [-0.39, 0.29) is 23.8 Å². The van der Waals surface area contributed by atoms with Crippen molar-refractivity contribution in [2.75, 3.05) is 45.3 Å². The largest absolute Gasteiger partial charge is 0.455 e. The van der Waals surface area contributed by atoms with E-state index in [4.69, 9.17) is 14.2 Å². The molecule has 32 heavy (non-hydrogen) atoms. The number of anilines is 1. The fraction of sp³-hybridized carbons (Fsp3) is 0.435. The first-order chi connectivity index (χ1) is 15.4. The van der Waals surface area contributed by atoms with Gasteiger partial charge < -0.3 is 19.5 Å². The van der Waals surface area contributed by atoms with Crippen LogP contribution in [0.1, 0.15) is 24.8 Å². The smallest absolute Gasteiger partial charge is 0.250 e. The maximum Gasteiger partial charge on any atom is 0.250 e. The lowest BCUT2D eigenvalue weighted by Crippen LogP contribution is -2.35. The average molecular weight is 463 g/mol. The summed E-state index contributed by atoms with van der Waals surface area (Å²) in [6.45, 7) is 3.41. The Bertz CT molecular complexity index is 1020. The number of hydrogen-bond donors (Lipinski definition) is 1. The van der Waals surface area contributed by atoms with Gasteiger partial charge in [0.25, 0.3) is 0 Å². The van der Waals surface area contributed by atoms with Gasteiger partial charge in [-0.05, 0) is 55.7 Å². The van der Waals surface area contributed by atoms with Crippen molar-refractivity contribution >= 4 is 21.6 Å². The van der Waals surface area contributed by atoms with Crippen LogP contribution in [0.25, 0.3) is 0 Å². The zero-order valence-corrected chi connectivity index (χ0v) is 19.3. The molecule has 1 aliphatic heterocycles. The molecule has 0 aromatic heterocycles. The second-order valence-electron chi connectivity index (χ2n) is 7.63. The second kappa shape index (κ2) is 11.4. The molecule has 8 nitrogen and oxygen atoms in total. The van der Waals surface area contributed by atoms with Gasteiger partial charge in [-0.25, -0.2) is 8.42 Å². The number of nitrogens with zero attached hydrogens (tertiary/aromatic N) is 1. The molecule has 2 aromatic carbocycles. The first-order valence-corrected chi connectivity index (χ1v) is 12.1. The molecule has 1 heterocycles. The Morgan fingerprint density at radius 1 is 1.06 bits per heavy atom. The van der Waals surface area contributed by atoms with Gasteiger partial charge in [-0.15, -0.1) is 0 Å². The van der Waals surface area contributed by atoms with Crippen molar-refractivity contribution in [1.29, 1.82) is 0 Å². The molecule has 174 valence electrons. The van der Waals surface area contributed by atoms with E-state index in [1.54, 1.807) is 19.2 Å². The van der Waals surface area contributed by atoms with Crippen molar-refractivity contribution in [2.45, 2.75) is 31.1 Å². The Labute approximate surface area is 189 Å². The average Bonchev–Trinajstić information content (AvgIpc) is 2.78. The van der Waals surface area contributed by atoms with E-state index in [0.717, 1.165) is 24.8 Å². The van der Waals surface area contributed by atoms with E-state index in [1.807, 2.05) is 25.1 Å². The van der Waals surface area contributed by atoms with Gasteiger partial charge >= 0.3 is 0 Å². The molecule has 0 aliphatic carbocycles. The van der Waals surface area contributed by atoms with Crippen LogP contribution in [-0.4, -0.2) is 58.7 Å². The second-order valence-corrected chi connectivity index (χ2v) is 9.57. The van der Waals surface area contributed by atoms with Crippen LogP contribution in [0.3, 0.4) is 0 Å². The third-order valence-electron chi connectivity index (χ3n) is 5.06. The van der Waals surface area contributed by atoms with Crippen LogP contribution in [0, 0.1) is 6.92 Å². The van der Waals surface area contributed by atoms with Gasteiger partial charge in [0.05, 0.1) is 23.8 Å². The molecule has 9 heteroatoms. The quantitative estimate of drug-likeness (QED) is 0.543. The Morgan fingerprint density at radius 2 is 1.84 bits per heavy atom. The van der Waals surface area contributed by atoms with Crippen LogP contribution in [0.2, 0.25) is 0 Å². The lowest BCUT2D eigenvalue weighted by molar-refractivity contribution is -0.121. The van der Waals surface area contributed by atoms with Gasteiger partial charge in [-0.3, -0.25) is 4.79 Å². The number of nitrogens with one attached hydrogen (secondary N) is 1. The Kier molecular flexibility index (Phi) is 8.63. The number of aryl methyl sites for hydroxylation is 1. The summed E-state index contributed by atoms with van der Waals surface area (Å²) < 4.78 is 43.9. The fourth-order valence-corrected chi connectivity index (χ4v) is 4.95. The summed E-state index contributed by atoms with van der Waals surface area (Å²) in [6, 6.07) is 12.0. The highest BCUT2D eigenvalue weighted by Crippen LogP contribution is 2.33. The number of rotatable bonds is 10. The minimum Gasteiger partial charge on any atom is -0.455 e. The number of carbonyl (C=O) groups is 1. The van der Waals surface area contributed by atoms with Crippen molar-refractivity contribution < 1.29 is 27.4 Å². The van der Waals surface area contributed by atoms with Gasteiger partial charge in [0.2, 0.25) is 15.9 Å². The number of methoxy groups -OCH3 is 1. The van der Waals surface area contributed by atoms with Gasteiger partial charge in [-0.1, -0.05) is 18.6 Å². The number of sulfonamides is 1. The molecule has 0 atom stereocenters. The minimum atomic E-state index is -3.66. The molecular formula is C23H30N2O6S. The molecule has 1 aliphatic rings. The summed E-state index contributed by atoms with van der Waals surface area (Å²) in [6.07, 6.45) is 2.71. The summed E-state index contributed by atoms with van der Waals surface area (Å²) in [5, 5.41) is 2.73. The van der Waals surface area contributed by atoms with Crippen LogP contribution in [0.5, 0.6) is 11.5 Å². The minimum absolute atomic E-state index is 0.117. The van der Waals surface area contributed by atoms with Crippen LogP contribution >= 0.6 is 0 Å². The zero-order valence-electron chi connectivity index (χ0n) is 18.5. The Hall–Kier alpha value is -2.46. The molecule has 1 saturated heterocycles. The molecule has 0 bridgehead atoms.